The second kappa shape index (κ2) is 3.42. The van der Waals surface area contributed by atoms with E-state index < -0.39 is 0 Å². The molecule has 0 fully saturated rings. The van der Waals surface area contributed by atoms with Crippen LogP contribution in [-0.2, 0) is 0 Å². The van der Waals surface area contributed by atoms with Crippen LogP contribution in [0.4, 0.5) is 4.39 Å². The van der Waals surface area contributed by atoms with Crippen LogP contribution in [-0.4, -0.2) is 10.2 Å². The van der Waals surface area contributed by atoms with Crippen LogP contribution < -0.4 is 0 Å². The summed E-state index contributed by atoms with van der Waals surface area (Å²) in [6, 6.07) is 6.12. The average Bonchev–Trinajstić information content (AvgIpc) is 2.51. The summed E-state index contributed by atoms with van der Waals surface area (Å²) < 4.78 is 12.8. The molecule has 0 aliphatic carbocycles. The molecular weight excluding hydrogens is 203 g/mol. The molecule has 1 aromatic carbocycles. The zero-order chi connectivity index (χ0) is 10.1. The van der Waals surface area contributed by atoms with E-state index in [9.17, 15) is 4.39 Å². The Hall–Kier alpha value is -1.35. The van der Waals surface area contributed by atoms with Crippen LogP contribution >= 0.6 is 11.6 Å². The standard InChI is InChI=1S/C10H8ClFN2/c1-6-4-10(14-13-6)8-3-2-7(12)5-9(8)11/h2-5H,1H3,(H,13,14). The smallest absolute Gasteiger partial charge is 0.124 e. The lowest BCUT2D eigenvalue weighted by atomic mass is 10.1. The van der Waals surface area contributed by atoms with Crippen molar-refractivity contribution in [3.05, 3.63) is 40.8 Å². The molecular formula is C10H8ClFN2. The van der Waals surface area contributed by atoms with Crippen molar-refractivity contribution in [2.24, 2.45) is 0 Å². The minimum atomic E-state index is -0.342. The molecule has 1 N–H and O–H groups in total. The van der Waals surface area contributed by atoms with Crippen LogP contribution in [0, 0.1) is 12.7 Å². The van der Waals surface area contributed by atoms with Gasteiger partial charge in [0.2, 0.25) is 0 Å². The van der Waals surface area contributed by atoms with E-state index in [0.717, 1.165) is 17.0 Å². The van der Waals surface area contributed by atoms with E-state index >= 15 is 0 Å². The monoisotopic (exact) mass is 210 g/mol. The summed E-state index contributed by atoms with van der Waals surface area (Å²) in [5.41, 5.74) is 2.41. The third-order valence-corrected chi connectivity index (χ3v) is 2.23. The summed E-state index contributed by atoms with van der Waals surface area (Å²) in [5, 5.41) is 7.22. The first-order valence-electron chi connectivity index (χ1n) is 4.14. The fraction of sp³-hybridized carbons (Fsp3) is 0.100. The van der Waals surface area contributed by atoms with Gasteiger partial charge in [-0.2, -0.15) is 5.10 Å². The van der Waals surface area contributed by atoms with Crippen LogP contribution in [0.25, 0.3) is 11.3 Å². The van der Waals surface area contributed by atoms with Crippen molar-refractivity contribution in [1.82, 2.24) is 10.2 Å². The Balaban J connectivity index is 2.52. The van der Waals surface area contributed by atoms with E-state index in [4.69, 9.17) is 11.6 Å². The number of nitrogens with one attached hydrogen (secondary N) is 1. The maximum absolute atomic E-state index is 12.8. The van der Waals surface area contributed by atoms with Gasteiger partial charge in [0.25, 0.3) is 0 Å². The van der Waals surface area contributed by atoms with Gasteiger partial charge in [-0.25, -0.2) is 4.39 Å². The zero-order valence-electron chi connectivity index (χ0n) is 7.51. The first-order chi connectivity index (χ1) is 6.66. The zero-order valence-corrected chi connectivity index (χ0v) is 8.27. The number of aryl methyl sites for hydroxylation is 1. The van der Waals surface area contributed by atoms with E-state index in [1.165, 1.54) is 12.1 Å². The number of rotatable bonds is 1. The fourth-order valence-electron chi connectivity index (χ4n) is 1.25. The molecule has 0 saturated carbocycles. The second-order valence-corrected chi connectivity index (χ2v) is 3.47. The van der Waals surface area contributed by atoms with Crippen LogP contribution in [0.15, 0.2) is 24.3 Å². The fourth-order valence-corrected chi connectivity index (χ4v) is 1.52. The molecule has 2 nitrogen and oxygen atoms in total. The van der Waals surface area contributed by atoms with Gasteiger partial charge in [-0.15, -0.1) is 0 Å². The van der Waals surface area contributed by atoms with Gasteiger partial charge in [-0.3, -0.25) is 5.10 Å². The number of aromatic nitrogens is 2. The van der Waals surface area contributed by atoms with Gasteiger partial charge in [-0.1, -0.05) is 11.6 Å². The van der Waals surface area contributed by atoms with E-state index in [1.807, 2.05) is 13.0 Å². The first kappa shape index (κ1) is 9.21. The minimum Gasteiger partial charge on any atom is -0.282 e. The van der Waals surface area contributed by atoms with Gasteiger partial charge in [0.1, 0.15) is 5.82 Å². The topological polar surface area (TPSA) is 28.7 Å². The highest BCUT2D eigenvalue weighted by Gasteiger charge is 2.07. The molecule has 0 aliphatic rings. The summed E-state index contributed by atoms with van der Waals surface area (Å²) in [6.07, 6.45) is 0. The van der Waals surface area contributed by atoms with Gasteiger partial charge in [-0.05, 0) is 31.2 Å². The lowest BCUT2D eigenvalue weighted by Crippen LogP contribution is -1.81. The number of hydrogen-bond acceptors (Lipinski definition) is 1. The van der Waals surface area contributed by atoms with Crippen molar-refractivity contribution < 1.29 is 4.39 Å². The number of benzene rings is 1. The van der Waals surface area contributed by atoms with Crippen LogP contribution in [0.5, 0.6) is 0 Å². The lowest BCUT2D eigenvalue weighted by molar-refractivity contribution is 0.628. The number of H-pyrrole nitrogens is 1. The molecule has 2 aromatic rings. The molecule has 0 unspecified atom stereocenters. The average molecular weight is 211 g/mol. The molecule has 0 spiro atoms. The molecule has 0 aliphatic heterocycles. The van der Waals surface area contributed by atoms with Crippen LogP contribution in [0.3, 0.4) is 0 Å². The van der Waals surface area contributed by atoms with Crippen molar-refractivity contribution >= 4 is 11.6 Å². The van der Waals surface area contributed by atoms with Gasteiger partial charge in [0.05, 0.1) is 10.7 Å². The normalized spacial score (nSPS) is 10.5. The third kappa shape index (κ3) is 1.63. The number of nitrogens with zero attached hydrogens (tertiary/aromatic N) is 1. The highest BCUT2D eigenvalue weighted by molar-refractivity contribution is 6.33. The Morgan fingerprint density at radius 2 is 2.14 bits per heavy atom. The molecule has 0 radical (unpaired) electrons. The number of halogens is 2. The highest BCUT2D eigenvalue weighted by Crippen LogP contribution is 2.27. The Morgan fingerprint density at radius 1 is 1.36 bits per heavy atom. The molecule has 0 atom stereocenters. The third-order valence-electron chi connectivity index (χ3n) is 1.91. The molecule has 1 aromatic heterocycles. The first-order valence-corrected chi connectivity index (χ1v) is 4.52. The van der Waals surface area contributed by atoms with Crippen molar-refractivity contribution in [2.75, 3.05) is 0 Å². The van der Waals surface area contributed by atoms with E-state index in [0.29, 0.717) is 5.02 Å². The number of hydrogen-bond donors (Lipinski definition) is 1. The van der Waals surface area contributed by atoms with Gasteiger partial charge in [0, 0.05) is 11.3 Å². The highest BCUT2D eigenvalue weighted by atomic mass is 35.5. The van der Waals surface area contributed by atoms with E-state index in [2.05, 4.69) is 10.2 Å². The van der Waals surface area contributed by atoms with Gasteiger partial charge >= 0.3 is 0 Å². The summed E-state index contributed by atoms with van der Waals surface area (Å²) in [7, 11) is 0. The predicted molar refractivity (Wildman–Crippen MR) is 53.7 cm³/mol. The molecule has 14 heavy (non-hydrogen) atoms. The molecule has 72 valence electrons. The summed E-state index contributed by atoms with van der Waals surface area (Å²) in [4.78, 5) is 0. The molecule has 1 heterocycles. The van der Waals surface area contributed by atoms with Gasteiger partial charge < -0.3 is 0 Å². The molecule has 0 amide bonds. The summed E-state index contributed by atoms with van der Waals surface area (Å²) in [5.74, 6) is -0.342. The van der Waals surface area contributed by atoms with E-state index in [-0.39, 0.29) is 5.82 Å². The Bertz CT molecular complexity index is 465. The predicted octanol–water partition coefficient (Wildman–Crippen LogP) is 3.18. The van der Waals surface area contributed by atoms with Crippen molar-refractivity contribution in [1.29, 1.82) is 0 Å². The van der Waals surface area contributed by atoms with Crippen LogP contribution in [0.2, 0.25) is 5.02 Å². The summed E-state index contributed by atoms with van der Waals surface area (Å²) >= 11 is 5.88. The Labute approximate surface area is 85.7 Å². The Kier molecular flexibility index (Phi) is 2.25. The SMILES string of the molecule is Cc1cc(-c2ccc(F)cc2Cl)n[nH]1. The van der Waals surface area contributed by atoms with E-state index in [1.54, 1.807) is 6.07 Å². The van der Waals surface area contributed by atoms with Crippen molar-refractivity contribution in [2.45, 2.75) is 6.92 Å². The minimum absolute atomic E-state index is 0.342. The molecule has 0 saturated heterocycles. The number of aromatic amines is 1. The Morgan fingerprint density at radius 3 is 2.71 bits per heavy atom. The molecule has 2 rings (SSSR count). The quantitative estimate of drug-likeness (QED) is 0.770. The van der Waals surface area contributed by atoms with Crippen molar-refractivity contribution in [3.8, 4) is 11.3 Å². The van der Waals surface area contributed by atoms with Gasteiger partial charge in [0.15, 0.2) is 0 Å². The summed E-state index contributed by atoms with van der Waals surface area (Å²) in [6.45, 7) is 1.90. The second-order valence-electron chi connectivity index (χ2n) is 3.06. The molecule has 4 heteroatoms. The maximum Gasteiger partial charge on any atom is 0.124 e. The maximum atomic E-state index is 12.8. The largest absolute Gasteiger partial charge is 0.282 e. The lowest BCUT2D eigenvalue weighted by Gasteiger charge is -1.99. The van der Waals surface area contributed by atoms with Crippen molar-refractivity contribution in [3.63, 3.8) is 0 Å². The molecule has 0 bridgehead atoms. The van der Waals surface area contributed by atoms with Crippen LogP contribution in [0.1, 0.15) is 5.69 Å².